The summed E-state index contributed by atoms with van der Waals surface area (Å²) < 4.78 is 11.0. The molecule has 3 aromatic rings. The Balaban J connectivity index is 1.70. The van der Waals surface area contributed by atoms with Crippen molar-refractivity contribution in [1.82, 2.24) is 0 Å². The van der Waals surface area contributed by atoms with E-state index in [4.69, 9.17) is 14.9 Å². The normalized spacial score (nSPS) is 13.8. The minimum atomic E-state index is -0.499. The third-order valence-corrected chi connectivity index (χ3v) is 6.45. The summed E-state index contributed by atoms with van der Waals surface area (Å²) in [5, 5.41) is 4.21. The smallest absolute Gasteiger partial charge is 0.292 e. The molecule has 0 fully saturated rings. The lowest BCUT2D eigenvalue weighted by atomic mass is 10.1. The number of carbonyl (C=O) groups is 2. The first-order valence-corrected chi connectivity index (χ1v) is 10.1. The number of nitrogens with two attached hydrogens (primary N) is 1. The number of rotatable bonds is 4. The summed E-state index contributed by atoms with van der Waals surface area (Å²) in [6, 6.07) is 5.40. The van der Waals surface area contributed by atoms with Gasteiger partial charge in [0.2, 0.25) is 0 Å². The van der Waals surface area contributed by atoms with Gasteiger partial charge < -0.3 is 20.2 Å². The minimum Gasteiger partial charge on any atom is -0.497 e. The van der Waals surface area contributed by atoms with Crippen LogP contribution in [0.15, 0.2) is 22.6 Å². The van der Waals surface area contributed by atoms with E-state index < -0.39 is 5.91 Å². The lowest BCUT2D eigenvalue weighted by Gasteiger charge is -2.05. The Hall–Kier alpha value is -2.80. The highest BCUT2D eigenvalue weighted by Crippen LogP contribution is 2.38. The number of carbonyl (C=O) groups excluding carboxylic acids is 2. The van der Waals surface area contributed by atoms with Gasteiger partial charge >= 0.3 is 0 Å². The molecule has 1 aliphatic rings. The molecule has 1 aromatic carbocycles. The minimum absolute atomic E-state index is 0.224. The van der Waals surface area contributed by atoms with Gasteiger partial charge in [-0.25, -0.2) is 0 Å². The molecule has 0 saturated heterocycles. The van der Waals surface area contributed by atoms with Crippen LogP contribution < -0.4 is 15.8 Å². The molecule has 6 nitrogen and oxygen atoms in total. The molecule has 0 spiro atoms. The first kappa shape index (κ1) is 18.6. The van der Waals surface area contributed by atoms with Crippen LogP contribution >= 0.6 is 11.3 Å². The molecule has 28 heavy (non-hydrogen) atoms. The second kappa shape index (κ2) is 7.31. The summed E-state index contributed by atoms with van der Waals surface area (Å²) >= 11 is 1.45. The van der Waals surface area contributed by atoms with E-state index >= 15 is 0 Å². The van der Waals surface area contributed by atoms with Crippen LogP contribution in [0.25, 0.3) is 11.0 Å². The highest BCUT2D eigenvalue weighted by molar-refractivity contribution is 7.17. The molecule has 4 rings (SSSR count). The zero-order chi connectivity index (χ0) is 19.8. The van der Waals surface area contributed by atoms with Gasteiger partial charge in [0.25, 0.3) is 11.8 Å². The van der Waals surface area contributed by atoms with Crippen LogP contribution in [0.5, 0.6) is 5.75 Å². The van der Waals surface area contributed by atoms with E-state index in [9.17, 15) is 9.59 Å². The number of ether oxygens (including phenoxy) is 1. The van der Waals surface area contributed by atoms with Crippen LogP contribution in [0, 0.1) is 6.92 Å². The van der Waals surface area contributed by atoms with Crippen molar-refractivity contribution in [3.63, 3.8) is 0 Å². The first-order chi connectivity index (χ1) is 13.5. The number of benzene rings is 1. The number of methoxy groups -OCH3 is 1. The number of primary amides is 1. The summed E-state index contributed by atoms with van der Waals surface area (Å²) in [6.45, 7) is 1.83. The quantitative estimate of drug-likeness (QED) is 0.636. The monoisotopic (exact) mass is 398 g/mol. The zero-order valence-corrected chi connectivity index (χ0v) is 16.7. The number of furan rings is 1. The molecule has 2 amide bonds. The molecule has 1 aliphatic carbocycles. The van der Waals surface area contributed by atoms with Gasteiger partial charge in [-0.15, -0.1) is 11.3 Å². The topological polar surface area (TPSA) is 94.6 Å². The van der Waals surface area contributed by atoms with Crippen molar-refractivity contribution in [3.8, 4) is 5.75 Å². The molecule has 0 bridgehead atoms. The molecule has 7 heteroatoms. The van der Waals surface area contributed by atoms with Crippen molar-refractivity contribution in [2.24, 2.45) is 5.73 Å². The Bertz CT molecular complexity index is 1080. The number of thiophene rings is 1. The van der Waals surface area contributed by atoms with Gasteiger partial charge in [-0.2, -0.15) is 0 Å². The van der Waals surface area contributed by atoms with Crippen LogP contribution in [0.1, 0.15) is 56.2 Å². The summed E-state index contributed by atoms with van der Waals surface area (Å²) in [7, 11) is 1.59. The van der Waals surface area contributed by atoms with E-state index in [1.54, 1.807) is 19.2 Å². The first-order valence-electron chi connectivity index (χ1n) is 9.32. The number of nitrogens with one attached hydrogen (secondary N) is 1. The highest BCUT2D eigenvalue weighted by Gasteiger charge is 2.26. The Kier molecular flexibility index (Phi) is 4.85. The van der Waals surface area contributed by atoms with Gasteiger partial charge in [0.1, 0.15) is 16.3 Å². The molecule has 0 atom stereocenters. The Morgan fingerprint density at radius 2 is 2.00 bits per heavy atom. The van der Waals surface area contributed by atoms with Crippen molar-refractivity contribution >= 4 is 39.1 Å². The molecule has 146 valence electrons. The maximum atomic E-state index is 12.9. The highest BCUT2D eigenvalue weighted by atomic mass is 32.1. The van der Waals surface area contributed by atoms with Gasteiger partial charge in [0.15, 0.2) is 5.76 Å². The summed E-state index contributed by atoms with van der Waals surface area (Å²) in [6.07, 6.45) is 5.00. The number of fused-ring (bicyclic) bond motifs is 2. The van der Waals surface area contributed by atoms with Gasteiger partial charge in [-0.3, -0.25) is 9.59 Å². The summed E-state index contributed by atoms with van der Waals surface area (Å²) in [5.41, 5.74) is 8.44. The maximum absolute atomic E-state index is 12.9. The molecule has 0 unspecified atom stereocenters. The van der Waals surface area contributed by atoms with Crippen molar-refractivity contribution in [1.29, 1.82) is 0 Å². The molecular formula is C21H22N2O4S. The molecule has 2 aromatic heterocycles. The standard InChI is InChI=1S/C21H22N2O4S/c1-11-14-10-12(26-2)8-9-15(14)27-18(11)20(25)23-21-17(19(22)24)13-6-4-3-5-7-16(13)28-21/h8-10H,3-7H2,1-2H3,(H2,22,24)(H,23,25). The molecule has 0 aliphatic heterocycles. The van der Waals surface area contributed by atoms with Crippen LogP contribution in [0.3, 0.4) is 0 Å². The SMILES string of the molecule is COc1ccc2oc(C(=O)Nc3sc4c(c3C(N)=O)CCCCC4)c(C)c2c1. The predicted molar refractivity (Wildman–Crippen MR) is 110 cm³/mol. The second-order valence-electron chi connectivity index (χ2n) is 7.01. The van der Waals surface area contributed by atoms with Crippen molar-refractivity contribution < 1.29 is 18.7 Å². The third kappa shape index (κ3) is 3.16. The average molecular weight is 398 g/mol. The van der Waals surface area contributed by atoms with E-state index in [0.717, 1.165) is 53.5 Å². The fraction of sp³-hybridized carbons (Fsp3) is 0.333. The number of hydrogen-bond donors (Lipinski definition) is 2. The van der Waals surface area contributed by atoms with E-state index in [0.29, 0.717) is 21.9 Å². The Labute approximate surface area is 166 Å². The largest absolute Gasteiger partial charge is 0.497 e. The number of anilines is 1. The van der Waals surface area contributed by atoms with Crippen LogP contribution in [-0.2, 0) is 12.8 Å². The lowest BCUT2D eigenvalue weighted by Crippen LogP contribution is -2.18. The number of hydrogen-bond acceptors (Lipinski definition) is 5. The Morgan fingerprint density at radius 3 is 2.75 bits per heavy atom. The van der Waals surface area contributed by atoms with Crippen molar-refractivity contribution in [2.45, 2.75) is 39.0 Å². The predicted octanol–water partition coefficient (Wildman–Crippen LogP) is 4.43. The van der Waals surface area contributed by atoms with Crippen LogP contribution in [-0.4, -0.2) is 18.9 Å². The van der Waals surface area contributed by atoms with E-state index in [1.165, 1.54) is 11.3 Å². The van der Waals surface area contributed by atoms with E-state index in [2.05, 4.69) is 5.32 Å². The molecular weight excluding hydrogens is 376 g/mol. The molecule has 2 heterocycles. The molecule has 0 radical (unpaired) electrons. The van der Waals surface area contributed by atoms with Crippen LogP contribution in [0.2, 0.25) is 0 Å². The van der Waals surface area contributed by atoms with Gasteiger partial charge in [-0.05, 0) is 56.4 Å². The number of aryl methyl sites for hydroxylation is 2. The van der Waals surface area contributed by atoms with Gasteiger partial charge in [0, 0.05) is 15.8 Å². The second-order valence-corrected chi connectivity index (χ2v) is 8.11. The zero-order valence-electron chi connectivity index (χ0n) is 15.9. The van der Waals surface area contributed by atoms with E-state index in [-0.39, 0.29) is 11.7 Å². The summed E-state index contributed by atoms with van der Waals surface area (Å²) in [4.78, 5) is 26.2. The maximum Gasteiger partial charge on any atom is 0.292 e. The van der Waals surface area contributed by atoms with Crippen molar-refractivity contribution in [2.75, 3.05) is 12.4 Å². The van der Waals surface area contributed by atoms with Gasteiger partial charge in [-0.1, -0.05) is 6.42 Å². The Morgan fingerprint density at radius 1 is 1.21 bits per heavy atom. The van der Waals surface area contributed by atoms with E-state index in [1.807, 2.05) is 13.0 Å². The van der Waals surface area contributed by atoms with Crippen LogP contribution in [0.4, 0.5) is 5.00 Å². The number of amides is 2. The average Bonchev–Trinajstić information content (AvgIpc) is 3.09. The van der Waals surface area contributed by atoms with Gasteiger partial charge in [0.05, 0.1) is 12.7 Å². The fourth-order valence-corrected chi connectivity index (χ4v) is 5.08. The lowest BCUT2D eigenvalue weighted by molar-refractivity contribution is 0.0998. The fourth-order valence-electron chi connectivity index (χ4n) is 3.79. The van der Waals surface area contributed by atoms with Crippen molar-refractivity contribution in [3.05, 3.63) is 45.5 Å². The third-order valence-electron chi connectivity index (χ3n) is 5.24. The summed E-state index contributed by atoms with van der Waals surface area (Å²) in [5.74, 6) is 0.0379. The molecule has 0 saturated carbocycles. The molecule has 3 N–H and O–H groups in total.